The van der Waals surface area contributed by atoms with Crippen molar-refractivity contribution in [2.24, 2.45) is 0 Å². The van der Waals surface area contributed by atoms with Crippen LogP contribution in [0.1, 0.15) is 44.9 Å². The quantitative estimate of drug-likeness (QED) is 0.802. The average molecular weight is 376 g/mol. The van der Waals surface area contributed by atoms with E-state index < -0.39 is 0 Å². The molecule has 3 heterocycles. The third-order valence-corrected chi connectivity index (χ3v) is 6.48. The molecule has 0 radical (unpaired) electrons. The van der Waals surface area contributed by atoms with E-state index in [9.17, 15) is 10.2 Å². The summed E-state index contributed by atoms with van der Waals surface area (Å²) in [6.07, 6.45) is 9.38. The second-order valence-corrected chi connectivity index (χ2v) is 8.22. The second-order valence-electron chi connectivity index (χ2n) is 8.22. The fourth-order valence-electron chi connectivity index (χ4n) is 4.94. The Bertz CT molecular complexity index is 602. The van der Waals surface area contributed by atoms with Gasteiger partial charge in [-0.15, -0.1) is 0 Å². The van der Waals surface area contributed by atoms with Gasteiger partial charge in [0, 0.05) is 57.6 Å². The lowest BCUT2D eigenvalue weighted by Crippen LogP contribution is -2.56. The third kappa shape index (κ3) is 4.36. The van der Waals surface area contributed by atoms with Crippen molar-refractivity contribution >= 4 is 11.8 Å². The normalized spacial score (nSPS) is 26.1. The summed E-state index contributed by atoms with van der Waals surface area (Å²) in [5, 5.41) is 19.3. The second kappa shape index (κ2) is 8.71. The van der Waals surface area contributed by atoms with Crippen LogP contribution in [0.4, 0.5) is 11.8 Å². The van der Waals surface area contributed by atoms with E-state index in [-0.39, 0.29) is 12.7 Å². The molecule has 2 aliphatic heterocycles. The standard InChI is InChI=1S/C20H33N5O2/c26-14-8-17-15-24(12-13-25(17)16-3-1-2-4-16)20-21-9-5-19(22-20)23-10-6-18(27)7-11-23/h5,9,16-18,26-27H,1-4,6-8,10-15H2/t17-/m1/s1. The van der Waals surface area contributed by atoms with Gasteiger partial charge in [-0.25, -0.2) is 4.98 Å². The Morgan fingerprint density at radius 1 is 1.00 bits per heavy atom. The van der Waals surface area contributed by atoms with E-state index in [1.165, 1.54) is 25.7 Å². The molecule has 3 aliphatic rings. The van der Waals surface area contributed by atoms with E-state index in [2.05, 4.69) is 19.7 Å². The van der Waals surface area contributed by atoms with Crippen molar-refractivity contribution in [3.8, 4) is 0 Å². The molecule has 1 aromatic heterocycles. The molecule has 0 unspecified atom stereocenters. The summed E-state index contributed by atoms with van der Waals surface area (Å²) in [5.74, 6) is 1.76. The Labute approximate surface area is 162 Å². The Morgan fingerprint density at radius 3 is 2.52 bits per heavy atom. The SMILES string of the molecule is OCC[C@@H]1CN(c2nccc(N3CCC(O)CC3)n2)CCN1C1CCCC1. The minimum atomic E-state index is -0.175. The number of nitrogens with zero attached hydrogens (tertiary/aromatic N) is 5. The van der Waals surface area contributed by atoms with Crippen molar-refractivity contribution in [3.05, 3.63) is 12.3 Å². The Morgan fingerprint density at radius 2 is 1.78 bits per heavy atom. The van der Waals surface area contributed by atoms with Crippen molar-refractivity contribution in [2.75, 3.05) is 49.1 Å². The first-order valence-electron chi connectivity index (χ1n) is 10.6. The van der Waals surface area contributed by atoms with Gasteiger partial charge in [-0.05, 0) is 38.2 Å². The first kappa shape index (κ1) is 18.9. The average Bonchev–Trinajstić information content (AvgIpc) is 3.23. The highest BCUT2D eigenvalue weighted by Gasteiger charge is 2.34. The zero-order valence-corrected chi connectivity index (χ0v) is 16.2. The highest BCUT2D eigenvalue weighted by molar-refractivity contribution is 5.44. The van der Waals surface area contributed by atoms with Crippen LogP contribution in [0, 0.1) is 0 Å². The number of aliphatic hydroxyl groups is 2. The van der Waals surface area contributed by atoms with Gasteiger partial charge in [-0.1, -0.05) is 12.8 Å². The highest BCUT2D eigenvalue weighted by Crippen LogP contribution is 2.29. The zero-order chi connectivity index (χ0) is 18.6. The fourth-order valence-corrected chi connectivity index (χ4v) is 4.94. The van der Waals surface area contributed by atoms with Gasteiger partial charge < -0.3 is 20.0 Å². The van der Waals surface area contributed by atoms with E-state index in [4.69, 9.17) is 4.98 Å². The molecule has 0 spiro atoms. The molecule has 150 valence electrons. The van der Waals surface area contributed by atoms with Crippen molar-refractivity contribution in [2.45, 2.75) is 63.1 Å². The number of aliphatic hydroxyl groups excluding tert-OH is 2. The van der Waals surface area contributed by atoms with Crippen molar-refractivity contribution < 1.29 is 10.2 Å². The molecule has 27 heavy (non-hydrogen) atoms. The van der Waals surface area contributed by atoms with Gasteiger partial charge in [0.1, 0.15) is 5.82 Å². The van der Waals surface area contributed by atoms with Crippen LogP contribution in [0.25, 0.3) is 0 Å². The van der Waals surface area contributed by atoms with Crippen molar-refractivity contribution in [1.29, 1.82) is 0 Å². The molecule has 1 saturated carbocycles. The number of anilines is 2. The largest absolute Gasteiger partial charge is 0.396 e. The summed E-state index contributed by atoms with van der Waals surface area (Å²) >= 11 is 0. The van der Waals surface area contributed by atoms with E-state index in [0.29, 0.717) is 12.1 Å². The van der Waals surface area contributed by atoms with E-state index >= 15 is 0 Å². The minimum absolute atomic E-state index is 0.175. The smallest absolute Gasteiger partial charge is 0.227 e. The molecule has 0 aromatic carbocycles. The predicted octanol–water partition coefficient (Wildman–Crippen LogP) is 1.25. The molecule has 1 atom stereocenters. The lowest BCUT2D eigenvalue weighted by atomic mass is 10.0. The highest BCUT2D eigenvalue weighted by atomic mass is 16.3. The van der Waals surface area contributed by atoms with Crippen LogP contribution in [0.2, 0.25) is 0 Å². The lowest BCUT2D eigenvalue weighted by molar-refractivity contribution is 0.0979. The summed E-state index contributed by atoms with van der Waals surface area (Å²) in [6.45, 7) is 4.79. The third-order valence-electron chi connectivity index (χ3n) is 6.48. The maximum Gasteiger partial charge on any atom is 0.227 e. The van der Waals surface area contributed by atoms with Crippen molar-refractivity contribution in [3.63, 3.8) is 0 Å². The molecule has 1 aliphatic carbocycles. The summed E-state index contributed by atoms with van der Waals surface area (Å²) in [7, 11) is 0. The zero-order valence-electron chi connectivity index (χ0n) is 16.2. The van der Waals surface area contributed by atoms with E-state index in [1.807, 2.05) is 12.3 Å². The predicted molar refractivity (Wildman–Crippen MR) is 106 cm³/mol. The summed E-state index contributed by atoms with van der Waals surface area (Å²) in [4.78, 5) is 16.6. The van der Waals surface area contributed by atoms with Crippen LogP contribution >= 0.6 is 0 Å². The van der Waals surface area contributed by atoms with Gasteiger partial charge in [0.25, 0.3) is 0 Å². The number of piperidine rings is 1. The summed E-state index contributed by atoms with van der Waals surface area (Å²) in [6, 6.07) is 3.04. The Kier molecular flexibility index (Phi) is 6.10. The molecule has 1 aromatic rings. The summed E-state index contributed by atoms with van der Waals surface area (Å²) < 4.78 is 0. The monoisotopic (exact) mass is 375 g/mol. The Hall–Kier alpha value is -1.44. The molecular formula is C20H33N5O2. The first-order chi connectivity index (χ1) is 13.2. The van der Waals surface area contributed by atoms with Crippen molar-refractivity contribution in [1.82, 2.24) is 14.9 Å². The van der Waals surface area contributed by atoms with Crippen LogP contribution < -0.4 is 9.80 Å². The van der Waals surface area contributed by atoms with E-state index in [0.717, 1.165) is 63.8 Å². The number of aromatic nitrogens is 2. The number of piperazine rings is 1. The topological polar surface area (TPSA) is 76.0 Å². The molecule has 7 heteroatoms. The van der Waals surface area contributed by atoms with Gasteiger partial charge in [-0.2, -0.15) is 4.98 Å². The van der Waals surface area contributed by atoms with Gasteiger partial charge >= 0.3 is 0 Å². The number of rotatable bonds is 5. The molecule has 3 fully saturated rings. The van der Waals surface area contributed by atoms with E-state index in [1.54, 1.807) is 0 Å². The molecule has 0 amide bonds. The van der Waals surface area contributed by atoms with Crippen LogP contribution in [-0.4, -0.2) is 82.6 Å². The lowest BCUT2D eigenvalue weighted by Gasteiger charge is -2.44. The Balaban J connectivity index is 1.44. The molecule has 2 N–H and O–H groups in total. The van der Waals surface area contributed by atoms with Crippen LogP contribution in [0.15, 0.2) is 12.3 Å². The molecule has 4 rings (SSSR count). The first-order valence-corrected chi connectivity index (χ1v) is 10.6. The van der Waals surface area contributed by atoms with Crippen LogP contribution in [0.5, 0.6) is 0 Å². The minimum Gasteiger partial charge on any atom is -0.396 e. The van der Waals surface area contributed by atoms with Crippen LogP contribution in [-0.2, 0) is 0 Å². The number of hydrogen-bond acceptors (Lipinski definition) is 7. The maximum atomic E-state index is 9.73. The van der Waals surface area contributed by atoms with Gasteiger partial charge in [-0.3, -0.25) is 4.90 Å². The van der Waals surface area contributed by atoms with Gasteiger partial charge in [0.2, 0.25) is 5.95 Å². The maximum absolute atomic E-state index is 9.73. The molecule has 7 nitrogen and oxygen atoms in total. The van der Waals surface area contributed by atoms with Crippen LogP contribution in [0.3, 0.4) is 0 Å². The molecule has 0 bridgehead atoms. The van der Waals surface area contributed by atoms with Gasteiger partial charge in [0.05, 0.1) is 6.10 Å². The summed E-state index contributed by atoms with van der Waals surface area (Å²) in [5.41, 5.74) is 0. The molecule has 2 saturated heterocycles. The van der Waals surface area contributed by atoms with Gasteiger partial charge in [0.15, 0.2) is 0 Å². The molecular weight excluding hydrogens is 342 g/mol. The fraction of sp³-hybridized carbons (Fsp3) is 0.800. The number of hydrogen-bond donors (Lipinski definition) is 2.